The van der Waals surface area contributed by atoms with Crippen LogP contribution in [0, 0.1) is 5.92 Å². The SMILES string of the molecule is C[C@@H](c1ccccc1)N1CC[C@H](CC2=CC=CCC=C2)C1=O. The van der Waals surface area contributed by atoms with Crippen molar-refractivity contribution in [2.75, 3.05) is 6.54 Å². The second kappa shape index (κ2) is 6.78. The number of allylic oxidation sites excluding steroid dienone is 6. The first-order valence-electron chi connectivity index (χ1n) is 8.13. The first-order valence-corrected chi connectivity index (χ1v) is 8.13. The summed E-state index contributed by atoms with van der Waals surface area (Å²) in [6.45, 7) is 3.00. The lowest BCUT2D eigenvalue weighted by Crippen LogP contribution is -2.30. The fourth-order valence-corrected chi connectivity index (χ4v) is 3.29. The molecular weight excluding hydrogens is 270 g/mol. The molecule has 0 saturated carbocycles. The Balaban J connectivity index is 1.67. The molecule has 0 aromatic heterocycles. The zero-order valence-electron chi connectivity index (χ0n) is 13.1. The summed E-state index contributed by atoms with van der Waals surface area (Å²) in [6, 6.07) is 10.5. The standard InChI is InChI=1S/C20H23NO/c1-16(18-11-7-4-8-12-18)21-14-13-19(20(21)22)15-17-9-5-2-3-6-10-17/h2,4-12,16,19H,3,13-15H2,1H3/t16-,19+/m0/s1. The van der Waals surface area contributed by atoms with Crippen LogP contribution in [0.4, 0.5) is 0 Å². The highest BCUT2D eigenvalue weighted by Gasteiger charge is 2.34. The van der Waals surface area contributed by atoms with Crippen molar-refractivity contribution in [1.82, 2.24) is 4.90 Å². The molecule has 2 aliphatic rings. The Hall–Kier alpha value is -2.09. The van der Waals surface area contributed by atoms with Gasteiger partial charge >= 0.3 is 0 Å². The molecule has 1 amide bonds. The topological polar surface area (TPSA) is 20.3 Å². The van der Waals surface area contributed by atoms with Crippen molar-refractivity contribution < 1.29 is 4.79 Å². The van der Waals surface area contributed by atoms with Crippen molar-refractivity contribution in [2.24, 2.45) is 5.92 Å². The third-order valence-corrected chi connectivity index (χ3v) is 4.63. The summed E-state index contributed by atoms with van der Waals surface area (Å²) in [5, 5.41) is 0. The quantitative estimate of drug-likeness (QED) is 0.804. The Kier molecular flexibility index (Phi) is 4.57. The van der Waals surface area contributed by atoms with Crippen molar-refractivity contribution in [2.45, 2.75) is 32.2 Å². The van der Waals surface area contributed by atoms with Gasteiger partial charge in [0.05, 0.1) is 6.04 Å². The Morgan fingerprint density at radius 2 is 2.05 bits per heavy atom. The van der Waals surface area contributed by atoms with E-state index in [0.29, 0.717) is 5.91 Å². The molecule has 0 unspecified atom stereocenters. The van der Waals surface area contributed by atoms with E-state index in [4.69, 9.17) is 0 Å². The van der Waals surface area contributed by atoms with Crippen molar-refractivity contribution in [3.63, 3.8) is 0 Å². The van der Waals surface area contributed by atoms with Gasteiger partial charge in [-0.05, 0) is 37.3 Å². The van der Waals surface area contributed by atoms with E-state index in [1.807, 2.05) is 23.1 Å². The molecule has 1 saturated heterocycles. The van der Waals surface area contributed by atoms with Crippen LogP contribution in [0.1, 0.15) is 37.8 Å². The first-order chi connectivity index (χ1) is 10.8. The average Bonchev–Trinajstić information content (AvgIpc) is 2.76. The van der Waals surface area contributed by atoms with E-state index in [2.05, 4.69) is 49.4 Å². The number of carbonyl (C=O) groups is 1. The normalized spacial score (nSPS) is 22.6. The largest absolute Gasteiger partial charge is 0.336 e. The van der Waals surface area contributed by atoms with Crippen LogP contribution < -0.4 is 0 Å². The summed E-state index contributed by atoms with van der Waals surface area (Å²) in [6.07, 6.45) is 13.5. The molecule has 1 heterocycles. The molecular formula is C20H23NO. The van der Waals surface area contributed by atoms with E-state index >= 15 is 0 Å². The molecule has 1 aliphatic heterocycles. The molecule has 2 nitrogen and oxygen atoms in total. The fourth-order valence-electron chi connectivity index (χ4n) is 3.29. The van der Waals surface area contributed by atoms with Crippen LogP contribution in [0.2, 0.25) is 0 Å². The lowest BCUT2D eigenvalue weighted by molar-refractivity contribution is -0.132. The number of benzene rings is 1. The Labute approximate surface area is 132 Å². The lowest BCUT2D eigenvalue weighted by Gasteiger charge is -2.25. The van der Waals surface area contributed by atoms with Gasteiger partial charge in [0, 0.05) is 12.5 Å². The van der Waals surface area contributed by atoms with Crippen molar-refractivity contribution >= 4 is 5.91 Å². The summed E-state index contributed by atoms with van der Waals surface area (Å²) in [5.41, 5.74) is 2.48. The maximum absolute atomic E-state index is 12.7. The maximum atomic E-state index is 12.7. The van der Waals surface area contributed by atoms with Crippen molar-refractivity contribution in [3.8, 4) is 0 Å². The number of carbonyl (C=O) groups excluding carboxylic acids is 1. The van der Waals surface area contributed by atoms with E-state index in [1.165, 1.54) is 11.1 Å². The molecule has 3 rings (SSSR count). The van der Waals surface area contributed by atoms with Gasteiger partial charge < -0.3 is 4.90 Å². The van der Waals surface area contributed by atoms with Gasteiger partial charge in [0.15, 0.2) is 0 Å². The zero-order valence-corrected chi connectivity index (χ0v) is 13.1. The molecule has 1 aliphatic carbocycles. The Bertz CT molecular complexity index is 612. The lowest BCUT2D eigenvalue weighted by atomic mass is 9.97. The highest BCUT2D eigenvalue weighted by molar-refractivity contribution is 5.81. The van der Waals surface area contributed by atoms with E-state index in [9.17, 15) is 4.79 Å². The van der Waals surface area contributed by atoms with Gasteiger partial charge in [0.1, 0.15) is 0 Å². The number of hydrogen-bond acceptors (Lipinski definition) is 1. The van der Waals surface area contributed by atoms with Crippen LogP contribution in [-0.2, 0) is 4.79 Å². The highest BCUT2D eigenvalue weighted by Crippen LogP contribution is 2.32. The summed E-state index contributed by atoms with van der Waals surface area (Å²) in [5.74, 6) is 0.437. The third-order valence-electron chi connectivity index (χ3n) is 4.63. The van der Waals surface area contributed by atoms with Crippen LogP contribution in [0.3, 0.4) is 0 Å². The van der Waals surface area contributed by atoms with Gasteiger partial charge in [0.25, 0.3) is 0 Å². The van der Waals surface area contributed by atoms with Crippen molar-refractivity contribution in [1.29, 1.82) is 0 Å². The number of rotatable bonds is 4. The van der Waals surface area contributed by atoms with Gasteiger partial charge in [-0.1, -0.05) is 60.7 Å². The number of nitrogens with zero attached hydrogens (tertiary/aromatic N) is 1. The molecule has 0 spiro atoms. The third kappa shape index (κ3) is 3.22. The first kappa shape index (κ1) is 14.8. The molecule has 2 atom stereocenters. The van der Waals surface area contributed by atoms with E-state index in [1.54, 1.807) is 0 Å². The summed E-state index contributed by atoms with van der Waals surface area (Å²) in [7, 11) is 0. The number of likely N-dealkylation sites (tertiary alicyclic amines) is 1. The van der Waals surface area contributed by atoms with E-state index in [0.717, 1.165) is 25.8 Å². The monoisotopic (exact) mass is 293 g/mol. The van der Waals surface area contributed by atoms with Gasteiger partial charge in [-0.3, -0.25) is 4.79 Å². The summed E-state index contributed by atoms with van der Waals surface area (Å²) < 4.78 is 0. The van der Waals surface area contributed by atoms with Gasteiger partial charge in [0.2, 0.25) is 5.91 Å². The van der Waals surface area contributed by atoms with Crippen LogP contribution >= 0.6 is 0 Å². The number of hydrogen-bond donors (Lipinski definition) is 0. The molecule has 0 N–H and O–H groups in total. The Morgan fingerprint density at radius 1 is 1.23 bits per heavy atom. The Morgan fingerprint density at radius 3 is 2.86 bits per heavy atom. The minimum absolute atomic E-state index is 0.133. The molecule has 1 aromatic carbocycles. The second-order valence-electron chi connectivity index (χ2n) is 6.12. The molecule has 22 heavy (non-hydrogen) atoms. The van der Waals surface area contributed by atoms with Crippen LogP contribution in [-0.4, -0.2) is 17.4 Å². The summed E-state index contributed by atoms with van der Waals surface area (Å²) in [4.78, 5) is 14.8. The predicted molar refractivity (Wildman–Crippen MR) is 90.3 cm³/mol. The summed E-state index contributed by atoms with van der Waals surface area (Å²) >= 11 is 0. The molecule has 0 radical (unpaired) electrons. The minimum Gasteiger partial charge on any atom is -0.336 e. The molecule has 1 fully saturated rings. The van der Waals surface area contributed by atoms with Crippen LogP contribution in [0.5, 0.6) is 0 Å². The molecule has 0 bridgehead atoms. The molecule has 2 heteroatoms. The van der Waals surface area contributed by atoms with Gasteiger partial charge in [-0.15, -0.1) is 0 Å². The van der Waals surface area contributed by atoms with E-state index < -0.39 is 0 Å². The highest BCUT2D eigenvalue weighted by atomic mass is 16.2. The van der Waals surface area contributed by atoms with Gasteiger partial charge in [-0.25, -0.2) is 0 Å². The second-order valence-corrected chi connectivity index (χ2v) is 6.12. The smallest absolute Gasteiger partial charge is 0.226 e. The van der Waals surface area contributed by atoms with Crippen molar-refractivity contribution in [3.05, 3.63) is 71.8 Å². The minimum atomic E-state index is 0.133. The predicted octanol–water partition coefficient (Wildman–Crippen LogP) is 4.43. The zero-order chi connectivity index (χ0) is 15.4. The van der Waals surface area contributed by atoms with Crippen LogP contribution in [0.25, 0.3) is 0 Å². The van der Waals surface area contributed by atoms with Crippen LogP contribution in [0.15, 0.2) is 66.3 Å². The molecule has 1 aromatic rings. The average molecular weight is 293 g/mol. The fraction of sp³-hybridized carbons (Fsp3) is 0.350. The number of amides is 1. The van der Waals surface area contributed by atoms with Gasteiger partial charge in [-0.2, -0.15) is 0 Å². The maximum Gasteiger partial charge on any atom is 0.226 e. The van der Waals surface area contributed by atoms with E-state index in [-0.39, 0.29) is 12.0 Å². The molecule has 114 valence electrons.